The minimum atomic E-state index is 0.0380. The van der Waals surface area contributed by atoms with Crippen LogP contribution in [0.5, 0.6) is 0 Å². The Labute approximate surface area is 104 Å². The fourth-order valence-corrected chi connectivity index (χ4v) is 1.98. The van der Waals surface area contributed by atoms with Crippen LogP contribution in [0.4, 0.5) is 0 Å². The molecule has 1 aromatic rings. The van der Waals surface area contributed by atoms with Gasteiger partial charge in [0, 0.05) is 18.0 Å². The molecule has 1 unspecified atom stereocenters. The van der Waals surface area contributed by atoms with Crippen LogP contribution >= 0.6 is 11.6 Å². The molecule has 90 valence electrons. The van der Waals surface area contributed by atoms with E-state index >= 15 is 0 Å². The van der Waals surface area contributed by atoms with Gasteiger partial charge in [0.2, 0.25) is 0 Å². The Morgan fingerprint density at radius 1 is 1.25 bits per heavy atom. The van der Waals surface area contributed by atoms with Crippen LogP contribution in [0.25, 0.3) is 0 Å². The first kappa shape index (κ1) is 13.5. The predicted molar refractivity (Wildman–Crippen MR) is 72.2 cm³/mol. The lowest BCUT2D eigenvalue weighted by atomic mass is 9.98. The van der Waals surface area contributed by atoms with Crippen molar-refractivity contribution >= 4 is 11.6 Å². The molecule has 1 atom stereocenters. The van der Waals surface area contributed by atoms with Crippen LogP contribution in [0, 0.1) is 13.8 Å². The topological polar surface area (TPSA) is 12.0 Å². The van der Waals surface area contributed by atoms with Gasteiger partial charge in [-0.3, -0.25) is 0 Å². The normalized spacial score (nSPS) is 14.8. The first-order valence-electron chi connectivity index (χ1n) is 5.88. The van der Waals surface area contributed by atoms with Gasteiger partial charge < -0.3 is 5.32 Å². The van der Waals surface area contributed by atoms with Gasteiger partial charge in [0.25, 0.3) is 0 Å². The molecule has 0 aliphatic heterocycles. The highest BCUT2D eigenvalue weighted by Crippen LogP contribution is 2.16. The molecule has 1 rings (SSSR count). The van der Waals surface area contributed by atoms with Crippen LogP contribution in [0.3, 0.4) is 0 Å². The summed E-state index contributed by atoms with van der Waals surface area (Å²) in [6, 6.07) is 6.43. The van der Waals surface area contributed by atoms with Gasteiger partial charge in [-0.1, -0.05) is 25.1 Å². The number of halogens is 1. The lowest BCUT2D eigenvalue weighted by molar-refractivity contribution is 0.379. The molecule has 0 saturated heterocycles. The maximum Gasteiger partial charge on any atom is 0.0403 e. The molecule has 16 heavy (non-hydrogen) atoms. The summed E-state index contributed by atoms with van der Waals surface area (Å²) < 4.78 is 0. The Morgan fingerprint density at radius 2 is 1.81 bits per heavy atom. The van der Waals surface area contributed by atoms with Crippen LogP contribution in [-0.2, 0) is 6.54 Å². The summed E-state index contributed by atoms with van der Waals surface area (Å²) in [4.78, 5) is 0. The molecule has 0 aliphatic rings. The van der Waals surface area contributed by atoms with E-state index in [0.29, 0.717) is 5.88 Å². The molecular weight excluding hydrogens is 218 g/mol. The first-order valence-corrected chi connectivity index (χ1v) is 6.42. The van der Waals surface area contributed by atoms with Crippen molar-refractivity contribution in [2.45, 2.75) is 46.2 Å². The molecule has 1 N–H and O–H groups in total. The van der Waals surface area contributed by atoms with E-state index in [1.54, 1.807) is 0 Å². The summed E-state index contributed by atoms with van der Waals surface area (Å²) in [7, 11) is 0. The molecule has 0 radical (unpaired) electrons. The molecule has 1 aromatic carbocycles. The van der Waals surface area contributed by atoms with E-state index in [1.165, 1.54) is 16.7 Å². The van der Waals surface area contributed by atoms with Crippen molar-refractivity contribution in [2.24, 2.45) is 0 Å². The molecule has 0 spiro atoms. The quantitative estimate of drug-likeness (QED) is 0.771. The van der Waals surface area contributed by atoms with Gasteiger partial charge in [-0.25, -0.2) is 0 Å². The van der Waals surface area contributed by atoms with Gasteiger partial charge in [0.1, 0.15) is 0 Å². The zero-order valence-corrected chi connectivity index (χ0v) is 11.5. The molecule has 1 nitrogen and oxygen atoms in total. The SMILES string of the molecule is CCC(C)(CCl)NCc1c(C)cccc1C. The van der Waals surface area contributed by atoms with E-state index in [-0.39, 0.29) is 5.54 Å². The Hall–Kier alpha value is -0.530. The standard InChI is InChI=1S/C14H22ClN/c1-5-14(4,10-15)16-9-13-11(2)7-6-8-12(13)3/h6-8,16H,5,9-10H2,1-4H3. The van der Waals surface area contributed by atoms with Crippen molar-refractivity contribution in [3.05, 3.63) is 34.9 Å². The number of rotatable bonds is 5. The number of hydrogen-bond acceptors (Lipinski definition) is 1. The summed E-state index contributed by atoms with van der Waals surface area (Å²) in [5.41, 5.74) is 4.13. The van der Waals surface area contributed by atoms with E-state index in [2.05, 4.69) is 51.2 Å². The van der Waals surface area contributed by atoms with Crippen molar-refractivity contribution in [3.63, 3.8) is 0 Å². The Morgan fingerprint density at radius 3 is 2.25 bits per heavy atom. The average molecular weight is 240 g/mol. The fraction of sp³-hybridized carbons (Fsp3) is 0.571. The van der Waals surface area contributed by atoms with Gasteiger partial charge in [-0.05, 0) is 43.9 Å². The Bertz CT molecular complexity index is 322. The number of nitrogens with one attached hydrogen (secondary N) is 1. The molecule has 0 aromatic heterocycles. The van der Waals surface area contributed by atoms with E-state index in [9.17, 15) is 0 Å². The molecular formula is C14H22ClN. The van der Waals surface area contributed by atoms with Crippen molar-refractivity contribution < 1.29 is 0 Å². The summed E-state index contributed by atoms with van der Waals surface area (Å²) in [5.74, 6) is 0.647. The van der Waals surface area contributed by atoms with Gasteiger partial charge in [0.05, 0.1) is 0 Å². The minimum absolute atomic E-state index is 0.0380. The third-order valence-corrected chi connectivity index (χ3v) is 4.00. The molecule has 2 heteroatoms. The highest BCUT2D eigenvalue weighted by Gasteiger charge is 2.20. The average Bonchev–Trinajstić information content (AvgIpc) is 2.28. The summed E-state index contributed by atoms with van der Waals surface area (Å²) >= 11 is 5.99. The van der Waals surface area contributed by atoms with Gasteiger partial charge in [0.15, 0.2) is 0 Å². The molecule has 0 bridgehead atoms. The van der Waals surface area contributed by atoms with Crippen molar-refractivity contribution in [1.82, 2.24) is 5.32 Å². The maximum atomic E-state index is 5.99. The van der Waals surface area contributed by atoms with E-state index in [4.69, 9.17) is 11.6 Å². The lowest BCUT2D eigenvalue weighted by Crippen LogP contribution is -2.43. The third kappa shape index (κ3) is 3.23. The van der Waals surface area contributed by atoms with Gasteiger partial charge >= 0.3 is 0 Å². The second-order valence-electron chi connectivity index (χ2n) is 4.77. The first-order chi connectivity index (χ1) is 7.52. The molecule has 0 amide bonds. The highest BCUT2D eigenvalue weighted by molar-refractivity contribution is 6.18. The van der Waals surface area contributed by atoms with Gasteiger partial charge in [-0.2, -0.15) is 0 Å². The largest absolute Gasteiger partial charge is 0.306 e. The Kier molecular flexibility index (Phi) is 4.82. The number of hydrogen-bond donors (Lipinski definition) is 1. The molecule has 0 fully saturated rings. The van der Waals surface area contributed by atoms with Gasteiger partial charge in [-0.15, -0.1) is 11.6 Å². The summed E-state index contributed by atoms with van der Waals surface area (Å²) in [6.07, 6.45) is 1.04. The molecule has 0 aliphatic carbocycles. The smallest absolute Gasteiger partial charge is 0.0403 e. The maximum absolute atomic E-state index is 5.99. The van der Waals surface area contributed by atoms with E-state index in [0.717, 1.165) is 13.0 Å². The Balaban J connectivity index is 2.75. The van der Waals surface area contributed by atoms with Crippen LogP contribution < -0.4 is 5.32 Å². The van der Waals surface area contributed by atoms with Crippen molar-refractivity contribution in [1.29, 1.82) is 0 Å². The zero-order valence-electron chi connectivity index (χ0n) is 10.7. The molecule has 0 saturated carbocycles. The number of alkyl halides is 1. The van der Waals surface area contributed by atoms with Crippen molar-refractivity contribution in [3.8, 4) is 0 Å². The zero-order chi connectivity index (χ0) is 12.2. The summed E-state index contributed by atoms with van der Waals surface area (Å²) in [6.45, 7) is 9.56. The molecule has 0 heterocycles. The number of benzene rings is 1. The second-order valence-corrected chi connectivity index (χ2v) is 5.04. The lowest BCUT2D eigenvalue weighted by Gasteiger charge is -2.28. The minimum Gasteiger partial charge on any atom is -0.306 e. The van der Waals surface area contributed by atoms with Crippen LogP contribution in [-0.4, -0.2) is 11.4 Å². The number of aryl methyl sites for hydroxylation is 2. The predicted octanol–water partition coefficient (Wildman–Crippen LogP) is 3.80. The van der Waals surface area contributed by atoms with Crippen molar-refractivity contribution in [2.75, 3.05) is 5.88 Å². The summed E-state index contributed by atoms with van der Waals surface area (Å²) in [5, 5.41) is 3.56. The van der Waals surface area contributed by atoms with E-state index < -0.39 is 0 Å². The van der Waals surface area contributed by atoms with Crippen LogP contribution in [0.1, 0.15) is 37.0 Å². The monoisotopic (exact) mass is 239 g/mol. The van der Waals surface area contributed by atoms with E-state index in [1.807, 2.05) is 0 Å². The second kappa shape index (κ2) is 5.70. The fourth-order valence-electron chi connectivity index (χ4n) is 1.70. The highest BCUT2D eigenvalue weighted by atomic mass is 35.5. The third-order valence-electron chi connectivity index (χ3n) is 3.41. The van der Waals surface area contributed by atoms with Crippen LogP contribution in [0.15, 0.2) is 18.2 Å². The van der Waals surface area contributed by atoms with Crippen LogP contribution in [0.2, 0.25) is 0 Å².